The zero-order chi connectivity index (χ0) is 15.0. The van der Waals surface area contributed by atoms with Crippen LogP contribution < -0.4 is 11.1 Å². The number of sulfonamides is 1. The number of hydrogen-bond acceptors (Lipinski definition) is 6. The second-order valence-corrected chi connectivity index (χ2v) is 8.22. The Hall–Kier alpha value is -1.16. The molecule has 0 spiro atoms. The Morgan fingerprint density at radius 3 is 2.86 bits per heavy atom. The van der Waals surface area contributed by atoms with Crippen LogP contribution in [0.4, 0.5) is 5.69 Å². The predicted molar refractivity (Wildman–Crippen MR) is 78.4 cm³/mol. The van der Waals surface area contributed by atoms with Crippen LogP contribution in [0.25, 0.3) is 0 Å². The van der Waals surface area contributed by atoms with Crippen molar-refractivity contribution in [3.63, 3.8) is 0 Å². The van der Waals surface area contributed by atoms with E-state index in [1.165, 1.54) is 10.4 Å². The van der Waals surface area contributed by atoms with E-state index < -0.39 is 16.1 Å². The molecule has 1 aromatic heterocycles. The fourth-order valence-electron chi connectivity index (χ4n) is 2.19. The highest BCUT2D eigenvalue weighted by molar-refractivity contribution is 7.91. The molecule has 2 aliphatic rings. The molecule has 0 aromatic carbocycles. The third kappa shape index (κ3) is 3.05. The van der Waals surface area contributed by atoms with Gasteiger partial charge in [0, 0.05) is 23.7 Å². The van der Waals surface area contributed by atoms with Gasteiger partial charge >= 0.3 is 0 Å². The number of carbonyl (C=O) groups is 1. The monoisotopic (exact) mass is 331 g/mol. The lowest BCUT2D eigenvalue weighted by atomic mass is 10.2. The summed E-state index contributed by atoms with van der Waals surface area (Å²) in [5, 5.41) is 4.41. The van der Waals surface area contributed by atoms with E-state index in [1.807, 2.05) is 0 Å². The molecule has 3 N–H and O–H groups in total. The number of nitrogens with one attached hydrogen (secondary N) is 1. The summed E-state index contributed by atoms with van der Waals surface area (Å²) in [6.45, 7) is 0.537. The first kappa shape index (κ1) is 14.8. The minimum absolute atomic E-state index is 0.0820. The van der Waals surface area contributed by atoms with Gasteiger partial charge in [0.15, 0.2) is 0 Å². The molecule has 1 amide bonds. The van der Waals surface area contributed by atoms with E-state index in [2.05, 4.69) is 5.32 Å². The molecule has 1 unspecified atom stereocenters. The van der Waals surface area contributed by atoms with Gasteiger partial charge < -0.3 is 15.8 Å². The molecular formula is C12H17N3O4S2. The summed E-state index contributed by atoms with van der Waals surface area (Å²) in [6, 6.07) is 0.791. The zero-order valence-corrected chi connectivity index (χ0v) is 13.0. The van der Waals surface area contributed by atoms with Crippen LogP contribution in [0.3, 0.4) is 0 Å². The summed E-state index contributed by atoms with van der Waals surface area (Å²) >= 11 is 1.06. The third-order valence-corrected chi connectivity index (χ3v) is 6.81. The van der Waals surface area contributed by atoms with Crippen molar-refractivity contribution in [3.05, 3.63) is 11.4 Å². The first-order valence-corrected chi connectivity index (χ1v) is 9.04. The number of morpholine rings is 1. The average Bonchev–Trinajstić information content (AvgIpc) is 3.16. The molecule has 1 saturated carbocycles. The lowest BCUT2D eigenvalue weighted by Crippen LogP contribution is -2.55. The van der Waals surface area contributed by atoms with E-state index in [-0.39, 0.29) is 35.9 Å². The Morgan fingerprint density at radius 2 is 2.24 bits per heavy atom. The maximum atomic E-state index is 12.7. The molecule has 1 atom stereocenters. The van der Waals surface area contributed by atoms with Crippen LogP contribution in [-0.2, 0) is 19.6 Å². The maximum absolute atomic E-state index is 12.7. The molecule has 3 rings (SSSR count). The minimum atomic E-state index is -3.72. The Labute approximate surface area is 127 Å². The quantitative estimate of drug-likeness (QED) is 0.808. The summed E-state index contributed by atoms with van der Waals surface area (Å²) in [5.74, 6) is -0.287. The number of rotatable bonds is 4. The van der Waals surface area contributed by atoms with Crippen molar-refractivity contribution in [2.45, 2.75) is 29.1 Å². The van der Waals surface area contributed by atoms with E-state index in [1.54, 1.807) is 5.38 Å². The number of thiophene rings is 1. The Kier molecular flexibility index (Phi) is 3.91. The topological polar surface area (TPSA) is 102 Å². The molecule has 1 aliphatic heterocycles. The van der Waals surface area contributed by atoms with Crippen LogP contribution >= 0.6 is 11.3 Å². The largest absolute Gasteiger partial charge is 0.398 e. The standard InChI is InChI=1S/C12H17N3O4S2/c13-8-5-11(20-7-8)21(17,18)15-3-4-19-6-10(15)12(16)14-9-1-2-9/h5,7,9-10H,1-4,6,13H2,(H,14,16). The van der Waals surface area contributed by atoms with Crippen molar-refractivity contribution in [2.24, 2.45) is 0 Å². The second-order valence-electron chi connectivity index (χ2n) is 5.19. The van der Waals surface area contributed by atoms with Crippen LogP contribution in [0.2, 0.25) is 0 Å². The lowest BCUT2D eigenvalue weighted by Gasteiger charge is -2.33. The number of nitrogens with zero attached hydrogens (tertiary/aromatic N) is 1. The molecule has 1 aliphatic carbocycles. The molecule has 2 fully saturated rings. The van der Waals surface area contributed by atoms with Crippen LogP contribution in [0, 0.1) is 0 Å². The van der Waals surface area contributed by atoms with E-state index in [0.717, 1.165) is 24.2 Å². The van der Waals surface area contributed by atoms with E-state index in [9.17, 15) is 13.2 Å². The smallest absolute Gasteiger partial charge is 0.253 e. The lowest BCUT2D eigenvalue weighted by molar-refractivity contribution is -0.129. The van der Waals surface area contributed by atoms with E-state index in [0.29, 0.717) is 5.69 Å². The summed E-state index contributed by atoms with van der Waals surface area (Å²) in [7, 11) is -3.72. The Morgan fingerprint density at radius 1 is 1.48 bits per heavy atom. The molecule has 9 heteroatoms. The van der Waals surface area contributed by atoms with Crippen molar-refractivity contribution in [3.8, 4) is 0 Å². The van der Waals surface area contributed by atoms with Crippen molar-refractivity contribution < 1.29 is 17.9 Å². The van der Waals surface area contributed by atoms with Crippen LogP contribution in [-0.4, -0.2) is 50.5 Å². The van der Waals surface area contributed by atoms with Crippen molar-refractivity contribution >= 4 is 33.0 Å². The van der Waals surface area contributed by atoms with E-state index >= 15 is 0 Å². The summed E-state index contributed by atoms with van der Waals surface area (Å²) in [6.07, 6.45) is 1.90. The summed E-state index contributed by atoms with van der Waals surface area (Å²) < 4.78 is 32.0. The fourth-order valence-corrected chi connectivity index (χ4v) is 4.95. The SMILES string of the molecule is Nc1csc(S(=O)(=O)N2CCOCC2C(=O)NC2CC2)c1. The molecule has 1 saturated heterocycles. The summed E-state index contributed by atoms with van der Waals surface area (Å²) in [5.41, 5.74) is 6.01. The first-order chi connectivity index (χ1) is 9.98. The van der Waals surface area contributed by atoms with Gasteiger partial charge in [0.1, 0.15) is 10.3 Å². The van der Waals surface area contributed by atoms with Gasteiger partial charge in [-0.1, -0.05) is 0 Å². The number of anilines is 1. The van der Waals surface area contributed by atoms with Crippen LogP contribution in [0.1, 0.15) is 12.8 Å². The summed E-state index contributed by atoms with van der Waals surface area (Å²) in [4.78, 5) is 12.2. The van der Waals surface area contributed by atoms with Gasteiger partial charge in [-0.25, -0.2) is 8.42 Å². The van der Waals surface area contributed by atoms with Gasteiger partial charge in [0.2, 0.25) is 5.91 Å². The predicted octanol–water partition coefficient (Wildman–Crippen LogP) is -0.00160. The number of ether oxygens (including phenoxy) is 1. The average molecular weight is 331 g/mol. The van der Waals surface area contributed by atoms with Crippen molar-refractivity contribution in [1.29, 1.82) is 0 Å². The molecule has 1 aromatic rings. The maximum Gasteiger partial charge on any atom is 0.253 e. The normalized spacial score (nSPS) is 23.9. The van der Waals surface area contributed by atoms with Gasteiger partial charge in [-0.2, -0.15) is 4.31 Å². The molecule has 21 heavy (non-hydrogen) atoms. The van der Waals surface area contributed by atoms with Gasteiger partial charge in [0.05, 0.1) is 13.2 Å². The van der Waals surface area contributed by atoms with Crippen molar-refractivity contribution in [2.75, 3.05) is 25.5 Å². The highest BCUT2D eigenvalue weighted by atomic mass is 32.2. The number of hydrogen-bond donors (Lipinski definition) is 2. The molecule has 0 bridgehead atoms. The number of carbonyl (C=O) groups excluding carboxylic acids is 1. The molecule has 2 heterocycles. The fraction of sp³-hybridized carbons (Fsp3) is 0.583. The molecule has 116 valence electrons. The van der Waals surface area contributed by atoms with Crippen LogP contribution in [0.5, 0.6) is 0 Å². The highest BCUT2D eigenvalue weighted by Gasteiger charge is 2.40. The van der Waals surface area contributed by atoms with Gasteiger partial charge in [-0.05, 0) is 18.9 Å². The zero-order valence-electron chi connectivity index (χ0n) is 11.3. The molecular weight excluding hydrogens is 314 g/mol. The van der Waals surface area contributed by atoms with Gasteiger partial charge in [-0.15, -0.1) is 11.3 Å². The number of amides is 1. The first-order valence-electron chi connectivity index (χ1n) is 6.72. The van der Waals surface area contributed by atoms with Crippen LogP contribution in [0.15, 0.2) is 15.7 Å². The van der Waals surface area contributed by atoms with Gasteiger partial charge in [-0.3, -0.25) is 4.79 Å². The Bertz CT molecular complexity index is 639. The third-order valence-electron chi connectivity index (χ3n) is 3.46. The number of nitrogens with two attached hydrogens (primary N) is 1. The van der Waals surface area contributed by atoms with E-state index in [4.69, 9.17) is 10.5 Å². The highest BCUT2D eigenvalue weighted by Crippen LogP contribution is 2.28. The number of nitrogen functional groups attached to an aromatic ring is 1. The van der Waals surface area contributed by atoms with Crippen molar-refractivity contribution in [1.82, 2.24) is 9.62 Å². The minimum Gasteiger partial charge on any atom is -0.398 e. The Balaban J connectivity index is 1.84. The molecule has 7 nitrogen and oxygen atoms in total. The van der Waals surface area contributed by atoms with Gasteiger partial charge in [0.25, 0.3) is 10.0 Å². The molecule has 0 radical (unpaired) electrons. The second kappa shape index (κ2) is 5.56.